The summed E-state index contributed by atoms with van der Waals surface area (Å²) in [7, 11) is 0. The zero-order valence-electron chi connectivity index (χ0n) is 18.2. The number of fused-ring (bicyclic) bond motifs is 3. The van der Waals surface area contributed by atoms with Crippen LogP contribution in [-0.2, 0) is 19.3 Å². The molecule has 1 aromatic carbocycles. The highest BCUT2D eigenvalue weighted by Crippen LogP contribution is 2.39. The molecule has 4 aliphatic rings. The molecule has 0 amide bonds. The van der Waals surface area contributed by atoms with Crippen molar-refractivity contribution < 1.29 is 8.78 Å². The number of nitrogens with zero attached hydrogens (tertiary/aromatic N) is 6. The van der Waals surface area contributed by atoms with E-state index in [9.17, 15) is 14.0 Å². The zero-order valence-corrected chi connectivity index (χ0v) is 18.2. The zero-order chi connectivity index (χ0) is 22.2. The fourth-order valence-electron chi connectivity index (χ4n) is 5.16. The molecule has 0 spiro atoms. The van der Waals surface area contributed by atoms with Crippen LogP contribution in [0.4, 0.5) is 8.78 Å². The summed E-state index contributed by atoms with van der Waals surface area (Å²) in [6, 6.07) is 6.79. The fourth-order valence-corrected chi connectivity index (χ4v) is 5.16. The standard InChI is InChI=1S/C24H26F2N6/c1-16-14-31(11-10-30(16)9-8-17-6-7-21(25)22(26)12-17)32-24-19-5-3-2-4-18(19)20(13-27)23(24)28-15-29-32/h6-7,12,15-16H,2-5,8-11,14H2,1H3/t16-/m0/s1. The van der Waals surface area contributed by atoms with Crippen LogP contribution < -0.4 is 5.01 Å². The minimum atomic E-state index is -0.807. The molecule has 32 heavy (non-hydrogen) atoms. The van der Waals surface area contributed by atoms with Gasteiger partial charge in [0.1, 0.15) is 23.8 Å². The molecule has 1 aromatic rings. The molecule has 166 valence electrons. The van der Waals surface area contributed by atoms with Gasteiger partial charge in [0.05, 0.1) is 12.1 Å². The van der Waals surface area contributed by atoms with Gasteiger partial charge in [-0.3, -0.25) is 9.91 Å². The Kier molecular flexibility index (Phi) is 5.51. The molecule has 6 nitrogen and oxygen atoms in total. The van der Waals surface area contributed by atoms with Crippen LogP contribution in [0.3, 0.4) is 0 Å². The van der Waals surface area contributed by atoms with E-state index in [0.717, 1.165) is 74.4 Å². The molecule has 2 heterocycles. The Hall–Kier alpha value is -3.05. The molecule has 8 heteroatoms. The number of benzene rings is 1. The fraction of sp³-hybridized carbons (Fsp3) is 0.458. The van der Waals surface area contributed by atoms with Crippen LogP contribution in [0.2, 0.25) is 0 Å². The van der Waals surface area contributed by atoms with E-state index in [4.69, 9.17) is 0 Å². The first-order valence-corrected chi connectivity index (χ1v) is 11.3. The van der Waals surface area contributed by atoms with Gasteiger partial charge in [0.25, 0.3) is 0 Å². The molecule has 1 fully saturated rings. The lowest BCUT2D eigenvalue weighted by Crippen LogP contribution is -2.56. The SMILES string of the molecule is C[C@H]1CN(n2ncnc3c(C#N)c4c(c2-3)CCCC4)CCN1CCc1ccc(F)c(F)c1. The van der Waals surface area contributed by atoms with Crippen LogP contribution in [0.1, 0.15) is 42.0 Å². The van der Waals surface area contributed by atoms with Gasteiger partial charge >= 0.3 is 0 Å². The van der Waals surface area contributed by atoms with Crippen molar-refractivity contribution in [1.29, 1.82) is 5.26 Å². The lowest BCUT2D eigenvalue weighted by atomic mass is 9.94. The lowest BCUT2D eigenvalue weighted by molar-refractivity contribution is 0.173. The maximum absolute atomic E-state index is 13.5. The summed E-state index contributed by atoms with van der Waals surface area (Å²) in [4.78, 5) is 8.82. The molecule has 0 radical (unpaired) electrons. The van der Waals surface area contributed by atoms with Gasteiger partial charge in [-0.05, 0) is 67.9 Å². The molecular weight excluding hydrogens is 410 g/mol. The lowest BCUT2D eigenvalue weighted by Gasteiger charge is -2.41. The molecule has 0 unspecified atom stereocenters. The number of hydrogen-bond donors (Lipinski definition) is 0. The Morgan fingerprint density at radius 2 is 1.94 bits per heavy atom. The van der Waals surface area contributed by atoms with Crippen molar-refractivity contribution in [2.75, 3.05) is 31.2 Å². The maximum atomic E-state index is 13.5. The summed E-state index contributed by atoms with van der Waals surface area (Å²) in [5, 5.41) is 16.6. The Bertz CT molecular complexity index is 1150. The van der Waals surface area contributed by atoms with Gasteiger partial charge < -0.3 is 0 Å². The van der Waals surface area contributed by atoms with Gasteiger partial charge in [-0.2, -0.15) is 10.1 Å². The van der Waals surface area contributed by atoms with Crippen LogP contribution in [0.5, 0.6) is 0 Å². The third kappa shape index (κ3) is 3.61. The van der Waals surface area contributed by atoms with Gasteiger partial charge in [-0.15, -0.1) is 5.10 Å². The molecular formula is C24H26F2N6. The van der Waals surface area contributed by atoms with Gasteiger partial charge in [0, 0.05) is 25.7 Å². The van der Waals surface area contributed by atoms with Crippen molar-refractivity contribution in [2.24, 2.45) is 0 Å². The van der Waals surface area contributed by atoms with Crippen molar-refractivity contribution in [1.82, 2.24) is 19.8 Å². The van der Waals surface area contributed by atoms with Crippen molar-refractivity contribution in [3.8, 4) is 17.5 Å². The van der Waals surface area contributed by atoms with Crippen molar-refractivity contribution >= 4 is 0 Å². The first-order chi connectivity index (χ1) is 15.6. The highest BCUT2D eigenvalue weighted by atomic mass is 19.2. The van der Waals surface area contributed by atoms with Gasteiger partial charge in [-0.25, -0.2) is 13.8 Å². The van der Waals surface area contributed by atoms with E-state index >= 15 is 0 Å². The van der Waals surface area contributed by atoms with E-state index in [1.807, 2.05) is 4.79 Å². The maximum Gasteiger partial charge on any atom is 0.159 e. The van der Waals surface area contributed by atoms with Crippen LogP contribution >= 0.6 is 0 Å². The molecule has 5 rings (SSSR count). The summed E-state index contributed by atoms with van der Waals surface area (Å²) >= 11 is 0. The number of piperazine rings is 1. The molecule has 0 bridgehead atoms. The molecule has 0 saturated carbocycles. The van der Waals surface area contributed by atoms with E-state index in [0.29, 0.717) is 12.0 Å². The van der Waals surface area contributed by atoms with E-state index in [2.05, 4.69) is 33.0 Å². The summed E-state index contributed by atoms with van der Waals surface area (Å²) in [5.41, 5.74) is 5.66. The quantitative estimate of drug-likeness (QED) is 0.628. The first kappa shape index (κ1) is 20.8. The van der Waals surface area contributed by atoms with Crippen LogP contribution in [0.15, 0.2) is 24.5 Å². The van der Waals surface area contributed by atoms with Gasteiger partial charge in [0.15, 0.2) is 11.6 Å². The number of aromatic nitrogens is 3. The third-order valence-electron chi connectivity index (χ3n) is 6.86. The van der Waals surface area contributed by atoms with E-state index in [1.54, 1.807) is 12.4 Å². The van der Waals surface area contributed by atoms with E-state index in [1.165, 1.54) is 17.7 Å². The monoisotopic (exact) mass is 436 g/mol. The normalized spacial score (nSPS) is 19.2. The average molecular weight is 437 g/mol. The van der Waals surface area contributed by atoms with Crippen molar-refractivity contribution in [3.63, 3.8) is 0 Å². The Balaban J connectivity index is 1.33. The van der Waals surface area contributed by atoms with Crippen LogP contribution in [0.25, 0.3) is 11.4 Å². The average Bonchev–Trinajstić information content (AvgIpc) is 3.14. The van der Waals surface area contributed by atoms with Crippen LogP contribution in [0, 0.1) is 23.0 Å². The summed E-state index contributed by atoms with van der Waals surface area (Å²) < 4.78 is 26.7. The molecule has 2 aliphatic heterocycles. The Morgan fingerprint density at radius 1 is 1.12 bits per heavy atom. The topological polar surface area (TPSA) is 61.0 Å². The minimum absolute atomic E-state index is 0.271. The predicted octanol–water partition coefficient (Wildman–Crippen LogP) is 3.30. The van der Waals surface area contributed by atoms with Crippen molar-refractivity contribution in [2.45, 2.75) is 45.1 Å². The van der Waals surface area contributed by atoms with E-state index < -0.39 is 11.6 Å². The Morgan fingerprint density at radius 3 is 2.69 bits per heavy atom. The highest BCUT2D eigenvalue weighted by Gasteiger charge is 2.32. The van der Waals surface area contributed by atoms with Gasteiger partial charge in [0.2, 0.25) is 0 Å². The van der Waals surface area contributed by atoms with Crippen LogP contribution in [-0.4, -0.2) is 52.0 Å². The molecule has 1 atom stereocenters. The minimum Gasteiger partial charge on any atom is -0.297 e. The number of hydrogen-bond acceptors (Lipinski definition) is 5. The highest BCUT2D eigenvalue weighted by molar-refractivity contribution is 5.76. The summed E-state index contributed by atoms with van der Waals surface area (Å²) in [6.07, 6.45) is 6.36. The smallest absolute Gasteiger partial charge is 0.159 e. The van der Waals surface area contributed by atoms with Crippen molar-refractivity contribution in [3.05, 3.63) is 58.4 Å². The second-order valence-corrected chi connectivity index (χ2v) is 8.79. The number of rotatable bonds is 4. The molecule has 0 N–H and O–H groups in total. The second kappa shape index (κ2) is 8.47. The first-order valence-electron chi connectivity index (χ1n) is 11.3. The number of nitriles is 1. The summed E-state index contributed by atoms with van der Waals surface area (Å²) in [5.74, 6) is -1.60. The largest absolute Gasteiger partial charge is 0.297 e. The predicted molar refractivity (Wildman–Crippen MR) is 117 cm³/mol. The number of halogens is 2. The third-order valence-corrected chi connectivity index (χ3v) is 6.86. The molecule has 1 saturated heterocycles. The summed E-state index contributed by atoms with van der Waals surface area (Å²) in [6.45, 7) is 5.39. The Labute approximate surface area is 186 Å². The van der Waals surface area contributed by atoms with Gasteiger partial charge in [-0.1, -0.05) is 6.07 Å². The molecule has 2 aliphatic carbocycles. The van der Waals surface area contributed by atoms with E-state index in [-0.39, 0.29) is 6.04 Å². The molecule has 0 aromatic heterocycles. The second-order valence-electron chi connectivity index (χ2n) is 8.79.